The van der Waals surface area contributed by atoms with Gasteiger partial charge in [-0.15, -0.1) is 0 Å². The maximum atomic E-state index is 11.3. The summed E-state index contributed by atoms with van der Waals surface area (Å²) >= 11 is 0. The molecule has 0 amide bonds. The minimum atomic E-state index is -0.930. The van der Waals surface area contributed by atoms with Crippen molar-refractivity contribution in [1.29, 1.82) is 5.26 Å². The number of carboxylic acids is 1. The maximum Gasteiger partial charge on any atom is 0.337 e. The Morgan fingerprint density at radius 2 is 2.16 bits per heavy atom. The molecule has 0 saturated carbocycles. The largest absolute Gasteiger partial charge is 0.478 e. The van der Waals surface area contributed by atoms with Gasteiger partial charge in [0.2, 0.25) is 0 Å². The fourth-order valence-corrected chi connectivity index (χ4v) is 2.02. The molecule has 0 aromatic heterocycles. The van der Waals surface area contributed by atoms with Gasteiger partial charge < -0.3 is 10.0 Å². The molecule has 0 spiro atoms. The van der Waals surface area contributed by atoms with Crippen LogP contribution in [0.15, 0.2) is 18.2 Å². The normalized spacial score (nSPS) is 10.3. The van der Waals surface area contributed by atoms with Gasteiger partial charge in [0.15, 0.2) is 0 Å². The van der Waals surface area contributed by atoms with E-state index in [4.69, 9.17) is 5.26 Å². The lowest BCUT2D eigenvalue weighted by Gasteiger charge is -2.27. The molecule has 0 aliphatic rings. The van der Waals surface area contributed by atoms with E-state index in [1.54, 1.807) is 12.1 Å². The number of nitriles is 1. The summed E-state index contributed by atoms with van der Waals surface area (Å²) in [5, 5.41) is 18.0. The van der Waals surface area contributed by atoms with Crippen molar-refractivity contribution in [3.05, 3.63) is 29.3 Å². The SMILES string of the molecule is Cc1ccc(C(=O)O)c(N(CCC#N)CC(C)C)c1. The molecule has 0 saturated heterocycles. The lowest BCUT2D eigenvalue weighted by molar-refractivity contribution is 0.0697. The summed E-state index contributed by atoms with van der Waals surface area (Å²) in [7, 11) is 0. The minimum Gasteiger partial charge on any atom is -0.478 e. The zero-order valence-electron chi connectivity index (χ0n) is 11.7. The highest BCUT2D eigenvalue weighted by atomic mass is 16.4. The average Bonchev–Trinajstić information content (AvgIpc) is 2.33. The molecule has 1 N–H and O–H groups in total. The molecular formula is C15H20N2O2. The Labute approximate surface area is 114 Å². The molecule has 0 atom stereocenters. The summed E-state index contributed by atoms with van der Waals surface area (Å²) in [6.07, 6.45) is 0.389. The number of carboxylic acid groups (broad SMARTS) is 1. The first-order valence-corrected chi connectivity index (χ1v) is 6.41. The lowest BCUT2D eigenvalue weighted by atomic mass is 10.1. The average molecular weight is 260 g/mol. The number of nitrogens with zero attached hydrogens (tertiary/aromatic N) is 2. The van der Waals surface area contributed by atoms with Crippen molar-refractivity contribution in [3.8, 4) is 6.07 Å². The van der Waals surface area contributed by atoms with Crippen molar-refractivity contribution in [1.82, 2.24) is 0 Å². The van der Waals surface area contributed by atoms with Gasteiger partial charge in [-0.25, -0.2) is 4.79 Å². The number of benzene rings is 1. The van der Waals surface area contributed by atoms with Crippen molar-refractivity contribution < 1.29 is 9.90 Å². The van der Waals surface area contributed by atoms with E-state index in [1.807, 2.05) is 17.9 Å². The summed E-state index contributed by atoms with van der Waals surface area (Å²) in [5.74, 6) is -0.526. The molecule has 4 nitrogen and oxygen atoms in total. The molecule has 0 radical (unpaired) electrons. The second-order valence-corrected chi connectivity index (χ2v) is 5.07. The van der Waals surface area contributed by atoms with Gasteiger partial charge >= 0.3 is 5.97 Å². The number of aryl methyl sites for hydroxylation is 1. The zero-order chi connectivity index (χ0) is 14.4. The van der Waals surface area contributed by atoms with E-state index in [2.05, 4.69) is 19.9 Å². The molecule has 1 aromatic carbocycles. The molecular weight excluding hydrogens is 240 g/mol. The zero-order valence-corrected chi connectivity index (χ0v) is 11.7. The third kappa shape index (κ3) is 4.29. The fraction of sp³-hybridized carbons (Fsp3) is 0.467. The molecule has 102 valence electrons. The van der Waals surface area contributed by atoms with Crippen LogP contribution in [-0.2, 0) is 0 Å². The van der Waals surface area contributed by atoms with Crippen molar-refractivity contribution >= 4 is 11.7 Å². The van der Waals surface area contributed by atoms with Gasteiger partial charge in [-0.05, 0) is 30.5 Å². The van der Waals surface area contributed by atoms with E-state index < -0.39 is 5.97 Å². The first-order chi connectivity index (χ1) is 8.95. The Morgan fingerprint density at radius 1 is 1.47 bits per heavy atom. The van der Waals surface area contributed by atoms with Crippen LogP contribution in [0, 0.1) is 24.2 Å². The minimum absolute atomic E-state index is 0.296. The van der Waals surface area contributed by atoms with Gasteiger partial charge in [-0.2, -0.15) is 5.26 Å². The van der Waals surface area contributed by atoms with Crippen LogP contribution in [-0.4, -0.2) is 24.2 Å². The second kappa shape index (κ2) is 6.79. The molecule has 0 heterocycles. The highest BCUT2D eigenvalue weighted by molar-refractivity contribution is 5.94. The van der Waals surface area contributed by atoms with Gasteiger partial charge in [0, 0.05) is 13.1 Å². The van der Waals surface area contributed by atoms with E-state index >= 15 is 0 Å². The number of hydrogen-bond donors (Lipinski definition) is 1. The van der Waals surface area contributed by atoms with Crippen molar-refractivity contribution in [2.45, 2.75) is 27.2 Å². The summed E-state index contributed by atoms with van der Waals surface area (Å²) in [4.78, 5) is 13.3. The topological polar surface area (TPSA) is 64.3 Å². The predicted molar refractivity (Wildman–Crippen MR) is 75.4 cm³/mol. The summed E-state index contributed by atoms with van der Waals surface area (Å²) < 4.78 is 0. The maximum absolute atomic E-state index is 11.3. The third-order valence-corrected chi connectivity index (χ3v) is 2.80. The van der Waals surface area contributed by atoms with Gasteiger partial charge in [0.25, 0.3) is 0 Å². The Balaban J connectivity index is 3.15. The Kier molecular flexibility index (Phi) is 5.37. The molecule has 0 fully saturated rings. The molecule has 0 aliphatic carbocycles. The molecule has 0 unspecified atom stereocenters. The molecule has 0 aliphatic heterocycles. The highest BCUT2D eigenvalue weighted by Gasteiger charge is 2.16. The van der Waals surface area contributed by atoms with E-state index in [0.717, 1.165) is 12.1 Å². The second-order valence-electron chi connectivity index (χ2n) is 5.07. The predicted octanol–water partition coefficient (Wildman–Crippen LogP) is 3.07. The van der Waals surface area contributed by atoms with Crippen LogP contribution in [0.25, 0.3) is 0 Å². The number of rotatable bonds is 6. The van der Waals surface area contributed by atoms with E-state index in [0.29, 0.717) is 30.1 Å². The number of anilines is 1. The smallest absolute Gasteiger partial charge is 0.337 e. The Hall–Kier alpha value is -2.02. The number of hydrogen-bond acceptors (Lipinski definition) is 3. The molecule has 19 heavy (non-hydrogen) atoms. The third-order valence-electron chi connectivity index (χ3n) is 2.80. The first-order valence-electron chi connectivity index (χ1n) is 6.41. The summed E-state index contributed by atoms with van der Waals surface area (Å²) in [6, 6.07) is 7.42. The number of carbonyl (C=O) groups is 1. The monoisotopic (exact) mass is 260 g/mol. The fourth-order valence-electron chi connectivity index (χ4n) is 2.02. The summed E-state index contributed by atoms with van der Waals surface area (Å²) in [6.45, 7) is 7.39. The molecule has 0 bridgehead atoms. The Morgan fingerprint density at radius 3 is 2.68 bits per heavy atom. The van der Waals surface area contributed by atoms with E-state index in [9.17, 15) is 9.90 Å². The van der Waals surface area contributed by atoms with Crippen LogP contribution >= 0.6 is 0 Å². The number of aromatic carboxylic acids is 1. The van der Waals surface area contributed by atoms with E-state index in [-0.39, 0.29) is 0 Å². The van der Waals surface area contributed by atoms with Crippen LogP contribution in [0.4, 0.5) is 5.69 Å². The van der Waals surface area contributed by atoms with Gasteiger partial charge in [-0.1, -0.05) is 19.9 Å². The molecule has 1 rings (SSSR count). The van der Waals surface area contributed by atoms with Crippen molar-refractivity contribution in [3.63, 3.8) is 0 Å². The van der Waals surface area contributed by atoms with Gasteiger partial charge in [-0.3, -0.25) is 0 Å². The van der Waals surface area contributed by atoms with Gasteiger partial charge in [0.1, 0.15) is 0 Å². The lowest BCUT2D eigenvalue weighted by Crippen LogP contribution is -2.30. The van der Waals surface area contributed by atoms with E-state index in [1.165, 1.54) is 0 Å². The van der Waals surface area contributed by atoms with Gasteiger partial charge in [0.05, 0.1) is 23.7 Å². The standard InChI is InChI=1S/C15H20N2O2/c1-11(2)10-17(8-4-7-16)14-9-12(3)5-6-13(14)15(18)19/h5-6,9,11H,4,8,10H2,1-3H3,(H,18,19). The first kappa shape index (κ1) is 15.0. The van der Waals surface area contributed by atoms with Crippen LogP contribution in [0.2, 0.25) is 0 Å². The van der Waals surface area contributed by atoms with Crippen LogP contribution in [0.1, 0.15) is 36.2 Å². The van der Waals surface area contributed by atoms with Crippen LogP contribution in [0.3, 0.4) is 0 Å². The quantitative estimate of drug-likeness (QED) is 0.853. The summed E-state index contributed by atoms with van der Waals surface area (Å²) in [5.41, 5.74) is 2.02. The van der Waals surface area contributed by atoms with Crippen LogP contribution < -0.4 is 4.90 Å². The Bertz CT molecular complexity index is 489. The highest BCUT2D eigenvalue weighted by Crippen LogP contribution is 2.23. The van der Waals surface area contributed by atoms with Crippen molar-refractivity contribution in [2.75, 3.05) is 18.0 Å². The molecule has 1 aromatic rings. The van der Waals surface area contributed by atoms with Crippen LogP contribution in [0.5, 0.6) is 0 Å². The van der Waals surface area contributed by atoms with Crippen molar-refractivity contribution in [2.24, 2.45) is 5.92 Å². The molecule has 4 heteroatoms.